The average Bonchev–Trinajstić information content (AvgIpc) is 2.58. The van der Waals surface area contributed by atoms with Crippen LogP contribution in [0.15, 0.2) is 30.8 Å². The SMILES string of the molecule is C=C(C=N)c1ccc(B2OC(C)(C)C(C)(C)O2)cc1. The second kappa shape index (κ2) is 4.62. The molecule has 0 aliphatic carbocycles. The van der Waals surface area contributed by atoms with Crippen molar-refractivity contribution in [3.05, 3.63) is 36.4 Å². The first-order chi connectivity index (χ1) is 8.77. The molecule has 1 N–H and O–H groups in total. The van der Waals surface area contributed by atoms with Crippen molar-refractivity contribution >= 4 is 24.4 Å². The van der Waals surface area contributed by atoms with Crippen LogP contribution in [0.1, 0.15) is 33.3 Å². The summed E-state index contributed by atoms with van der Waals surface area (Å²) in [5.74, 6) is 0. The molecular formula is C15H20BNO2. The van der Waals surface area contributed by atoms with Crippen molar-refractivity contribution in [2.24, 2.45) is 0 Å². The molecule has 3 nitrogen and oxygen atoms in total. The highest BCUT2D eigenvalue weighted by Crippen LogP contribution is 2.36. The summed E-state index contributed by atoms with van der Waals surface area (Å²) in [6, 6.07) is 7.81. The molecule has 1 aliphatic rings. The van der Waals surface area contributed by atoms with E-state index in [2.05, 4.69) is 6.58 Å². The van der Waals surface area contributed by atoms with E-state index in [0.717, 1.165) is 11.0 Å². The van der Waals surface area contributed by atoms with E-state index in [-0.39, 0.29) is 18.3 Å². The van der Waals surface area contributed by atoms with E-state index in [1.165, 1.54) is 6.21 Å². The van der Waals surface area contributed by atoms with Gasteiger partial charge >= 0.3 is 7.12 Å². The van der Waals surface area contributed by atoms with Crippen LogP contribution in [0.5, 0.6) is 0 Å². The topological polar surface area (TPSA) is 42.3 Å². The lowest BCUT2D eigenvalue weighted by Gasteiger charge is -2.32. The summed E-state index contributed by atoms with van der Waals surface area (Å²) in [4.78, 5) is 0. The fraction of sp³-hybridized carbons (Fsp3) is 0.400. The Balaban J connectivity index is 2.21. The van der Waals surface area contributed by atoms with Crippen LogP contribution in [0.4, 0.5) is 0 Å². The molecule has 1 aliphatic heterocycles. The van der Waals surface area contributed by atoms with E-state index in [1.54, 1.807) is 0 Å². The van der Waals surface area contributed by atoms with Gasteiger partial charge in [0.25, 0.3) is 0 Å². The normalized spacial score (nSPS) is 20.3. The lowest BCUT2D eigenvalue weighted by Crippen LogP contribution is -2.41. The molecule has 0 aromatic heterocycles. The number of hydrogen-bond acceptors (Lipinski definition) is 3. The molecule has 0 atom stereocenters. The van der Waals surface area contributed by atoms with Crippen LogP contribution in [-0.4, -0.2) is 24.5 Å². The van der Waals surface area contributed by atoms with Gasteiger partial charge in [-0.05, 0) is 44.3 Å². The van der Waals surface area contributed by atoms with Crippen LogP contribution >= 0.6 is 0 Å². The number of hydrogen-bond donors (Lipinski definition) is 1. The van der Waals surface area contributed by atoms with Crippen LogP contribution in [-0.2, 0) is 9.31 Å². The third-order valence-electron chi connectivity index (χ3n) is 3.98. The average molecular weight is 257 g/mol. The largest absolute Gasteiger partial charge is 0.494 e. The Labute approximate surface area is 115 Å². The third kappa shape index (κ3) is 2.51. The Morgan fingerprint density at radius 2 is 1.58 bits per heavy atom. The van der Waals surface area contributed by atoms with Gasteiger partial charge < -0.3 is 14.7 Å². The predicted octanol–water partition coefficient (Wildman–Crippen LogP) is 2.65. The molecular weight excluding hydrogens is 237 g/mol. The van der Waals surface area contributed by atoms with Gasteiger partial charge in [0, 0.05) is 6.21 Å². The van der Waals surface area contributed by atoms with E-state index in [4.69, 9.17) is 14.7 Å². The van der Waals surface area contributed by atoms with Crippen LogP contribution in [0, 0.1) is 5.41 Å². The van der Waals surface area contributed by atoms with Crippen LogP contribution in [0.25, 0.3) is 5.57 Å². The van der Waals surface area contributed by atoms with E-state index in [9.17, 15) is 0 Å². The van der Waals surface area contributed by atoms with Crippen molar-refractivity contribution in [3.63, 3.8) is 0 Å². The summed E-state index contributed by atoms with van der Waals surface area (Å²) < 4.78 is 12.0. The number of benzene rings is 1. The van der Waals surface area contributed by atoms with Gasteiger partial charge in [0.1, 0.15) is 0 Å². The first-order valence-electron chi connectivity index (χ1n) is 6.42. The Hall–Kier alpha value is -1.39. The monoisotopic (exact) mass is 257 g/mol. The van der Waals surface area contributed by atoms with Crippen molar-refractivity contribution in [1.29, 1.82) is 5.41 Å². The molecule has 0 unspecified atom stereocenters. The summed E-state index contributed by atoms with van der Waals surface area (Å²) in [5, 5.41) is 7.20. The van der Waals surface area contributed by atoms with Gasteiger partial charge in [-0.3, -0.25) is 0 Å². The second-order valence-electron chi connectivity index (χ2n) is 5.88. The number of allylic oxidation sites excluding steroid dienone is 1. The zero-order valence-corrected chi connectivity index (χ0v) is 12.0. The van der Waals surface area contributed by atoms with Crippen LogP contribution < -0.4 is 5.46 Å². The first kappa shape index (κ1) is 14.0. The van der Waals surface area contributed by atoms with E-state index >= 15 is 0 Å². The van der Waals surface area contributed by atoms with Crippen molar-refractivity contribution in [3.8, 4) is 0 Å². The molecule has 0 spiro atoms. The fourth-order valence-electron chi connectivity index (χ4n) is 1.92. The summed E-state index contributed by atoms with van der Waals surface area (Å²) in [6.07, 6.45) is 1.25. The Morgan fingerprint density at radius 3 is 2.00 bits per heavy atom. The van der Waals surface area contributed by atoms with E-state index in [1.807, 2.05) is 52.0 Å². The summed E-state index contributed by atoms with van der Waals surface area (Å²) in [5.41, 5.74) is 1.97. The smallest absolute Gasteiger partial charge is 0.399 e. The minimum absolute atomic E-state index is 0.325. The fourth-order valence-corrected chi connectivity index (χ4v) is 1.92. The first-order valence-corrected chi connectivity index (χ1v) is 6.42. The number of rotatable bonds is 3. The molecule has 1 aromatic carbocycles. The Kier molecular flexibility index (Phi) is 3.41. The van der Waals surface area contributed by atoms with Crippen molar-refractivity contribution in [2.75, 3.05) is 0 Å². The molecule has 100 valence electrons. The quantitative estimate of drug-likeness (QED) is 0.668. The maximum Gasteiger partial charge on any atom is 0.494 e. The van der Waals surface area contributed by atoms with Crippen molar-refractivity contribution in [1.82, 2.24) is 0 Å². The molecule has 19 heavy (non-hydrogen) atoms. The molecule has 0 amide bonds. The number of nitrogens with one attached hydrogen (secondary N) is 1. The molecule has 0 bridgehead atoms. The molecule has 4 heteroatoms. The van der Waals surface area contributed by atoms with Crippen molar-refractivity contribution < 1.29 is 9.31 Å². The third-order valence-corrected chi connectivity index (χ3v) is 3.98. The van der Waals surface area contributed by atoms with Crippen molar-refractivity contribution in [2.45, 2.75) is 38.9 Å². The molecule has 1 fully saturated rings. The lowest BCUT2D eigenvalue weighted by atomic mass is 9.78. The van der Waals surface area contributed by atoms with Crippen LogP contribution in [0.3, 0.4) is 0 Å². The summed E-state index contributed by atoms with van der Waals surface area (Å²) in [6.45, 7) is 12.0. The van der Waals surface area contributed by atoms with Gasteiger partial charge in [-0.15, -0.1) is 0 Å². The summed E-state index contributed by atoms with van der Waals surface area (Å²) in [7, 11) is -0.340. The molecule has 1 aromatic rings. The maximum absolute atomic E-state index is 7.20. The van der Waals surface area contributed by atoms with E-state index in [0.29, 0.717) is 5.57 Å². The van der Waals surface area contributed by atoms with Crippen LogP contribution in [0.2, 0.25) is 0 Å². The summed E-state index contributed by atoms with van der Waals surface area (Å²) >= 11 is 0. The predicted molar refractivity (Wildman–Crippen MR) is 80.0 cm³/mol. The minimum atomic E-state index is -0.340. The highest BCUT2D eigenvalue weighted by atomic mass is 16.7. The van der Waals surface area contributed by atoms with Gasteiger partial charge in [0.2, 0.25) is 0 Å². The maximum atomic E-state index is 7.20. The molecule has 0 radical (unpaired) electrons. The highest BCUT2D eigenvalue weighted by molar-refractivity contribution is 6.62. The zero-order valence-electron chi connectivity index (χ0n) is 12.0. The van der Waals surface area contributed by atoms with Gasteiger partial charge in [0.05, 0.1) is 11.2 Å². The molecule has 1 saturated heterocycles. The Bertz CT molecular complexity index is 489. The van der Waals surface area contributed by atoms with Gasteiger partial charge in [0.15, 0.2) is 0 Å². The zero-order chi connectivity index (χ0) is 14.3. The highest BCUT2D eigenvalue weighted by Gasteiger charge is 2.51. The van der Waals surface area contributed by atoms with Gasteiger partial charge in [-0.2, -0.15) is 0 Å². The Morgan fingerprint density at radius 1 is 1.11 bits per heavy atom. The lowest BCUT2D eigenvalue weighted by molar-refractivity contribution is 0.00578. The second-order valence-corrected chi connectivity index (χ2v) is 5.88. The van der Waals surface area contributed by atoms with Gasteiger partial charge in [-0.25, -0.2) is 0 Å². The minimum Gasteiger partial charge on any atom is -0.399 e. The van der Waals surface area contributed by atoms with Gasteiger partial charge in [-0.1, -0.05) is 30.8 Å². The standard InChI is InChI=1S/C15H20BNO2/c1-11(10-17)12-6-8-13(9-7-12)16-18-14(2,3)15(4,5)19-16/h6-10,17H,1H2,2-5H3. The molecule has 0 saturated carbocycles. The molecule has 2 rings (SSSR count). The van der Waals surface area contributed by atoms with E-state index < -0.39 is 0 Å². The molecule has 1 heterocycles.